The number of nitrogens with zero attached hydrogens (tertiary/aromatic N) is 2. The van der Waals surface area contributed by atoms with Gasteiger partial charge in [-0.05, 0) is 80.8 Å². The lowest BCUT2D eigenvalue weighted by molar-refractivity contribution is -0.139. The van der Waals surface area contributed by atoms with Crippen LogP contribution in [0, 0.1) is 11.3 Å². The van der Waals surface area contributed by atoms with Crippen LogP contribution < -0.4 is 5.32 Å². The first-order chi connectivity index (χ1) is 19.7. The van der Waals surface area contributed by atoms with Crippen LogP contribution in [0.15, 0.2) is 59.5 Å². The third-order valence-corrected chi connectivity index (χ3v) is 10.7. The van der Waals surface area contributed by atoms with E-state index in [1.807, 2.05) is 35.2 Å². The number of likely N-dealkylation sites (tertiary alicyclic amines) is 2. The van der Waals surface area contributed by atoms with Crippen molar-refractivity contribution in [1.82, 2.24) is 15.1 Å². The van der Waals surface area contributed by atoms with Gasteiger partial charge in [-0.2, -0.15) is 0 Å². The zero-order chi connectivity index (χ0) is 28.9. The Kier molecular flexibility index (Phi) is 11.1. The predicted octanol–water partition coefficient (Wildman–Crippen LogP) is 5.54. The number of halogens is 1. The Balaban J connectivity index is 0.00000405. The molecule has 1 N–H and O–H groups in total. The van der Waals surface area contributed by atoms with Crippen LogP contribution in [0.4, 0.5) is 0 Å². The molecule has 0 bridgehead atoms. The maximum Gasteiger partial charge on any atom is 0.229 e. The average molecular weight is 616 g/mol. The summed E-state index contributed by atoms with van der Waals surface area (Å²) in [6.45, 7) is 3.94. The Morgan fingerprint density at radius 2 is 1.60 bits per heavy atom. The SMILES string of the molecule is CS(=O)(=O)c1ccc(CN2CCC3(CCN(CCC(NC(=O)CC4CCCCC4)c4ccccc4)CC3)C2=O)cc1.Cl. The lowest BCUT2D eigenvalue weighted by atomic mass is 9.77. The number of nitrogens with one attached hydrogen (secondary N) is 1. The summed E-state index contributed by atoms with van der Waals surface area (Å²) in [6.07, 6.45) is 11.4. The molecular formula is C33H46ClN3O4S. The van der Waals surface area contributed by atoms with Crippen LogP contribution in [0.25, 0.3) is 0 Å². The fourth-order valence-electron chi connectivity index (χ4n) is 7.00. The number of rotatable bonds is 10. The molecule has 230 valence electrons. The normalized spacial score (nSPS) is 20.3. The molecule has 2 saturated heterocycles. The van der Waals surface area contributed by atoms with Gasteiger partial charge in [-0.25, -0.2) is 8.42 Å². The third kappa shape index (κ3) is 8.14. The Hall–Kier alpha value is -2.42. The smallest absolute Gasteiger partial charge is 0.229 e. The summed E-state index contributed by atoms with van der Waals surface area (Å²) < 4.78 is 23.5. The molecule has 9 heteroatoms. The minimum atomic E-state index is -3.23. The van der Waals surface area contributed by atoms with Crippen LogP contribution in [-0.4, -0.2) is 62.5 Å². The maximum absolute atomic E-state index is 13.5. The van der Waals surface area contributed by atoms with Crippen molar-refractivity contribution in [2.24, 2.45) is 11.3 Å². The Morgan fingerprint density at radius 3 is 2.24 bits per heavy atom. The maximum atomic E-state index is 13.5. The van der Waals surface area contributed by atoms with Crippen LogP contribution in [0.3, 0.4) is 0 Å². The van der Waals surface area contributed by atoms with Gasteiger partial charge in [0.15, 0.2) is 9.84 Å². The molecule has 2 heterocycles. The first-order valence-corrected chi connectivity index (χ1v) is 17.3. The van der Waals surface area contributed by atoms with Crippen LogP contribution in [0.1, 0.15) is 81.4 Å². The fraction of sp³-hybridized carbons (Fsp3) is 0.576. The van der Waals surface area contributed by atoms with Gasteiger partial charge in [-0.15, -0.1) is 12.4 Å². The molecule has 2 aromatic carbocycles. The molecule has 2 aromatic rings. The van der Waals surface area contributed by atoms with Gasteiger partial charge in [0.1, 0.15) is 0 Å². The average Bonchev–Trinajstić information content (AvgIpc) is 3.26. The third-order valence-electron chi connectivity index (χ3n) is 9.61. The summed E-state index contributed by atoms with van der Waals surface area (Å²) in [5, 5.41) is 3.36. The number of benzene rings is 2. The quantitative estimate of drug-likeness (QED) is 0.379. The first kappa shape index (κ1) is 32.5. The number of amides is 2. The van der Waals surface area contributed by atoms with E-state index < -0.39 is 9.84 Å². The predicted molar refractivity (Wildman–Crippen MR) is 168 cm³/mol. The van der Waals surface area contributed by atoms with Crippen LogP contribution >= 0.6 is 12.4 Å². The molecular weight excluding hydrogens is 570 g/mol. The van der Waals surface area contributed by atoms with Gasteiger partial charge >= 0.3 is 0 Å². The van der Waals surface area contributed by atoms with Crippen LogP contribution in [-0.2, 0) is 26.0 Å². The van der Waals surface area contributed by atoms with E-state index in [4.69, 9.17) is 0 Å². The lowest BCUT2D eigenvalue weighted by Crippen LogP contribution is -2.45. The van der Waals surface area contributed by atoms with Gasteiger partial charge in [-0.1, -0.05) is 61.7 Å². The summed E-state index contributed by atoms with van der Waals surface area (Å²) >= 11 is 0. The van der Waals surface area contributed by atoms with Gasteiger partial charge in [0.05, 0.1) is 16.4 Å². The molecule has 42 heavy (non-hydrogen) atoms. The molecule has 1 spiro atoms. The second kappa shape index (κ2) is 14.4. The van der Waals surface area contributed by atoms with E-state index in [0.29, 0.717) is 23.8 Å². The van der Waals surface area contributed by atoms with Crippen molar-refractivity contribution < 1.29 is 18.0 Å². The molecule has 1 unspecified atom stereocenters. The molecule has 5 rings (SSSR count). The summed E-state index contributed by atoms with van der Waals surface area (Å²) in [4.78, 5) is 31.2. The molecule has 1 aliphatic carbocycles. The number of hydrogen-bond donors (Lipinski definition) is 1. The zero-order valence-electron chi connectivity index (χ0n) is 24.8. The monoisotopic (exact) mass is 615 g/mol. The highest BCUT2D eigenvalue weighted by molar-refractivity contribution is 7.90. The van der Waals surface area contributed by atoms with Crippen molar-refractivity contribution in [3.8, 4) is 0 Å². The van der Waals surface area contributed by atoms with Crippen molar-refractivity contribution in [3.05, 3.63) is 65.7 Å². The van der Waals surface area contributed by atoms with Crippen molar-refractivity contribution in [2.45, 2.75) is 81.7 Å². The highest BCUT2D eigenvalue weighted by atomic mass is 35.5. The number of piperidine rings is 1. The number of carbonyl (C=O) groups excluding carboxylic acids is 2. The summed E-state index contributed by atoms with van der Waals surface area (Å²) in [7, 11) is -3.23. The van der Waals surface area contributed by atoms with Crippen molar-refractivity contribution in [3.63, 3.8) is 0 Å². The topological polar surface area (TPSA) is 86.8 Å². The number of hydrogen-bond acceptors (Lipinski definition) is 5. The summed E-state index contributed by atoms with van der Waals surface area (Å²) in [6, 6.07) is 17.2. The minimum absolute atomic E-state index is 0. The molecule has 2 amide bonds. The molecule has 0 radical (unpaired) electrons. The van der Waals surface area contributed by atoms with Crippen molar-refractivity contribution in [1.29, 1.82) is 0 Å². The van der Waals surface area contributed by atoms with Gasteiger partial charge in [0, 0.05) is 32.3 Å². The zero-order valence-corrected chi connectivity index (χ0v) is 26.4. The molecule has 3 fully saturated rings. The van der Waals surface area contributed by atoms with Crippen LogP contribution in [0.2, 0.25) is 0 Å². The van der Waals surface area contributed by atoms with Crippen LogP contribution in [0.5, 0.6) is 0 Å². The Morgan fingerprint density at radius 1 is 0.952 bits per heavy atom. The fourth-order valence-corrected chi connectivity index (χ4v) is 7.63. The van der Waals surface area contributed by atoms with E-state index in [1.54, 1.807) is 12.1 Å². The van der Waals surface area contributed by atoms with Crippen molar-refractivity contribution >= 4 is 34.1 Å². The lowest BCUT2D eigenvalue weighted by Gasteiger charge is -2.38. The highest BCUT2D eigenvalue weighted by Gasteiger charge is 2.47. The minimum Gasteiger partial charge on any atom is -0.349 e. The number of carbonyl (C=O) groups is 2. The van der Waals surface area contributed by atoms with Gasteiger partial charge < -0.3 is 15.1 Å². The van der Waals surface area contributed by atoms with E-state index >= 15 is 0 Å². The molecule has 2 aliphatic heterocycles. The van der Waals surface area contributed by atoms with Gasteiger partial charge in [0.2, 0.25) is 11.8 Å². The van der Waals surface area contributed by atoms with Gasteiger partial charge in [-0.3, -0.25) is 9.59 Å². The van der Waals surface area contributed by atoms with E-state index in [2.05, 4.69) is 22.3 Å². The number of sulfone groups is 1. The Labute approximate surface area is 257 Å². The summed E-state index contributed by atoms with van der Waals surface area (Å²) in [5.41, 5.74) is 1.83. The van der Waals surface area contributed by atoms with E-state index in [1.165, 1.54) is 38.4 Å². The van der Waals surface area contributed by atoms with Crippen molar-refractivity contribution in [2.75, 3.05) is 32.4 Å². The van der Waals surface area contributed by atoms with E-state index in [9.17, 15) is 18.0 Å². The molecule has 1 atom stereocenters. The van der Waals surface area contributed by atoms with E-state index in [-0.39, 0.29) is 35.7 Å². The highest BCUT2D eigenvalue weighted by Crippen LogP contribution is 2.42. The molecule has 3 aliphatic rings. The first-order valence-electron chi connectivity index (χ1n) is 15.4. The largest absolute Gasteiger partial charge is 0.349 e. The molecule has 0 aromatic heterocycles. The van der Waals surface area contributed by atoms with Gasteiger partial charge in [0.25, 0.3) is 0 Å². The second-order valence-corrected chi connectivity index (χ2v) is 14.6. The standard InChI is InChI=1S/C33H45N3O4S.ClH/c1-41(39,40)29-14-12-27(13-15-29)25-36-23-19-33(32(36)38)17-21-35(22-18-33)20-16-30(28-10-6-3-7-11-28)34-31(37)24-26-8-4-2-5-9-26;/h3,6-7,10-15,26,30H,2,4-5,8-9,16-25H2,1H3,(H,34,37);1H. The van der Waals surface area contributed by atoms with E-state index in [0.717, 1.165) is 63.0 Å². The second-order valence-electron chi connectivity index (χ2n) is 12.5. The molecule has 1 saturated carbocycles. The Bertz CT molecular complexity index is 1290. The summed E-state index contributed by atoms with van der Waals surface area (Å²) in [5.74, 6) is 0.932. The molecule has 7 nitrogen and oxygen atoms in total.